The molecule has 22 heavy (non-hydrogen) atoms. The first-order valence-corrected chi connectivity index (χ1v) is 7.93. The number of rotatable bonds is 7. The highest BCUT2D eigenvalue weighted by Gasteiger charge is 2.34. The van der Waals surface area contributed by atoms with E-state index in [4.69, 9.17) is 0 Å². The number of nitrogens with zero attached hydrogens (tertiary/aromatic N) is 2. The minimum absolute atomic E-state index is 0.0707. The van der Waals surface area contributed by atoms with Gasteiger partial charge in [0.05, 0.1) is 17.9 Å². The van der Waals surface area contributed by atoms with E-state index in [2.05, 4.69) is 20.5 Å². The van der Waals surface area contributed by atoms with Crippen molar-refractivity contribution < 1.29 is 4.79 Å². The predicted octanol–water partition coefficient (Wildman–Crippen LogP) is 2.70. The van der Waals surface area contributed by atoms with Crippen LogP contribution in [0.5, 0.6) is 0 Å². The van der Waals surface area contributed by atoms with Crippen LogP contribution >= 0.6 is 0 Å². The van der Waals surface area contributed by atoms with E-state index in [-0.39, 0.29) is 11.9 Å². The summed E-state index contributed by atoms with van der Waals surface area (Å²) in [7, 11) is 0. The van der Waals surface area contributed by atoms with Gasteiger partial charge in [0.25, 0.3) is 0 Å². The highest BCUT2D eigenvalue weighted by Crippen LogP contribution is 2.40. The molecule has 2 heterocycles. The molecule has 1 atom stereocenters. The van der Waals surface area contributed by atoms with E-state index < -0.39 is 0 Å². The molecule has 0 bridgehead atoms. The molecule has 5 nitrogen and oxygen atoms in total. The summed E-state index contributed by atoms with van der Waals surface area (Å²) in [6.45, 7) is 1.99. The normalized spacial score (nSPS) is 15.5. The summed E-state index contributed by atoms with van der Waals surface area (Å²) < 4.78 is 0. The van der Waals surface area contributed by atoms with Crippen LogP contribution in [0.25, 0.3) is 0 Å². The quantitative estimate of drug-likeness (QED) is 0.825. The largest absolute Gasteiger partial charge is 0.347 e. The molecule has 0 aliphatic heterocycles. The molecule has 5 heteroatoms. The van der Waals surface area contributed by atoms with Crippen molar-refractivity contribution in [2.75, 3.05) is 0 Å². The Morgan fingerprint density at radius 3 is 3.00 bits per heavy atom. The van der Waals surface area contributed by atoms with Crippen LogP contribution in [0.4, 0.5) is 0 Å². The summed E-state index contributed by atoms with van der Waals surface area (Å²) in [6, 6.07) is 6.08. The van der Waals surface area contributed by atoms with Gasteiger partial charge in [0.2, 0.25) is 5.91 Å². The van der Waals surface area contributed by atoms with E-state index in [1.807, 2.05) is 37.5 Å². The molecule has 1 saturated carbocycles. The number of H-pyrrole nitrogens is 1. The van der Waals surface area contributed by atoms with Gasteiger partial charge in [0, 0.05) is 18.3 Å². The van der Waals surface area contributed by atoms with Crippen molar-refractivity contribution in [3.8, 4) is 0 Å². The van der Waals surface area contributed by atoms with Gasteiger partial charge in [-0.25, -0.2) is 0 Å². The number of pyridine rings is 1. The molecule has 116 valence electrons. The highest BCUT2D eigenvalue weighted by molar-refractivity contribution is 5.76. The lowest BCUT2D eigenvalue weighted by Gasteiger charge is -2.18. The number of hydrogen-bond donors (Lipinski definition) is 2. The maximum atomic E-state index is 12.2. The monoisotopic (exact) mass is 298 g/mol. The maximum Gasteiger partial charge on any atom is 0.220 e. The van der Waals surface area contributed by atoms with Gasteiger partial charge in [-0.15, -0.1) is 0 Å². The summed E-state index contributed by atoms with van der Waals surface area (Å²) in [6.07, 6.45) is 8.29. The van der Waals surface area contributed by atoms with E-state index >= 15 is 0 Å². The molecule has 0 unspecified atom stereocenters. The lowest BCUT2D eigenvalue weighted by Crippen LogP contribution is -2.30. The zero-order chi connectivity index (χ0) is 15.4. The van der Waals surface area contributed by atoms with Crippen LogP contribution in [0.1, 0.15) is 48.7 Å². The summed E-state index contributed by atoms with van der Waals surface area (Å²) in [5, 5.41) is 9.88. The average Bonchev–Trinajstić information content (AvgIpc) is 3.21. The van der Waals surface area contributed by atoms with E-state index in [1.54, 1.807) is 0 Å². The molecule has 2 aromatic heterocycles. The molecule has 1 amide bonds. The second kappa shape index (κ2) is 6.73. The molecular formula is C17H22N4O. The summed E-state index contributed by atoms with van der Waals surface area (Å²) in [5.74, 6) is 0.663. The van der Waals surface area contributed by atoms with Crippen LogP contribution in [0.2, 0.25) is 0 Å². The minimum Gasteiger partial charge on any atom is -0.347 e. The van der Waals surface area contributed by atoms with Gasteiger partial charge >= 0.3 is 0 Å². The lowest BCUT2D eigenvalue weighted by molar-refractivity contribution is -0.122. The number of aromatic nitrogens is 3. The number of amides is 1. The number of hydrogen-bond acceptors (Lipinski definition) is 3. The van der Waals surface area contributed by atoms with Gasteiger partial charge in [-0.05, 0) is 56.2 Å². The van der Waals surface area contributed by atoms with Crippen LogP contribution < -0.4 is 5.32 Å². The Hall–Kier alpha value is -2.17. The highest BCUT2D eigenvalue weighted by atomic mass is 16.1. The minimum atomic E-state index is 0.0707. The molecule has 2 N–H and O–H groups in total. The van der Waals surface area contributed by atoms with Gasteiger partial charge in [-0.2, -0.15) is 5.10 Å². The fraction of sp³-hybridized carbons (Fsp3) is 0.471. The van der Waals surface area contributed by atoms with Gasteiger partial charge in [-0.1, -0.05) is 6.07 Å². The Morgan fingerprint density at radius 2 is 2.32 bits per heavy atom. The lowest BCUT2D eigenvalue weighted by atomic mass is 10.1. The Balaban J connectivity index is 1.53. The third-order valence-corrected chi connectivity index (χ3v) is 4.06. The van der Waals surface area contributed by atoms with E-state index in [0.29, 0.717) is 12.3 Å². The second-order valence-electron chi connectivity index (χ2n) is 6.05. The first-order chi connectivity index (χ1) is 10.7. The van der Waals surface area contributed by atoms with Crippen molar-refractivity contribution >= 4 is 5.91 Å². The van der Waals surface area contributed by atoms with Gasteiger partial charge in [0.15, 0.2) is 0 Å². The van der Waals surface area contributed by atoms with Gasteiger partial charge in [-0.3, -0.25) is 14.9 Å². The molecule has 0 saturated heterocycles. The number of carbonyl (C=O) groups excluding carboxylic acids is 1. The summed E-state index contributed by atoms with van der Waals surface area (Å²) >= 11 is 0. The number of aryl methyl sites for hydroxylation is 2. The fourth-order valence-corrected chi connectivity index (χ4v) is 2.71. The molecular weight excluding hydrogens is 276 g/mol. The van der Waals surface area contributed by atoms with E-state index in [9.17, 15) is 4.79 Å². The number of aromatic amines is 1. The zero-order valence-electron chi connectivity index (χ0n) is 12.9. The topological polar surface area (TPSA) is 70.7 Å². The number of nitrogens with one attached hydrogen (secondary N) is 2. The molecule has 0 aromatic carbocycles. The van der Waals surface area contributed by atoms with Crippen LogP contribution in [-0.4, -0.2) is 21.1 Å². The number of carbonyl (C=O) groups is 1. The first kappa shape index (κ1) is 14.8. The Bertz CT molecular complexity index is 619. The van der Waals surface area contributed by atoms with Crippen molar-refractivity contribution in [2.45, 2.75) is 45.1 Å². The molecule has 3 rings (SSSR count). The molecule has 0 radical (unpaired) electrons. The molecule has 0 spiro atoms. The van der Waals surface area contributed by atoms with Crippen LogP contribution in [-0.2, 0) is 11.2 Å². The third-order valence-electron chi connectivity index (χ3n) is 4.06. The van der Waals surface area contributed by atoms with Gasteiger partial charge in [0.1, 0.15) is 0 Å². The van der Waals surface area contributed by atoms with E-state index in [1.165, 1.54) is 12.8 Å². The SMILES string of the molecule is Cc1cccc([C@H](NC(=O)CCCc2cn[nH]c2)C2CC2)n1. The van der Waals surface area contributed by atoms with Crippen molar-refractivity contribution in [1.82, 2.24) is 20.5 Å². The van der Waals surface area contributed by atoms with E-state index in [0.717, 1.165) is 29.8 Å². The molecule has 1 aliphatic carbocycles. The predicted molar refractivity (Wildman–Crippen MR) is 84.1 cm³/mol. The maximum absolute atomic E-state index is 12.2. The Morgan fingerprint density at radius 1 is 1.45 bits per heavy atom. The van der Waals surface area contributed by atoms with Crippen molar-refractivity contribution in [2.24, 2.45) is 5.92 Å². The first-order valence-electron chi connectivity index (χ1n) is 7.93. The molecule has 1 aliphatic rings. The van der Waals surface area contributed by atoms with Crippen LogP contribution in [0, 0.1) is 12.8 Å². The standard InChI is InChI=1S/C17H22N4O/c1-12-4-2-6-15(20-12)17(14-8-9-14)21-16(22)7-3-5-13-10-18-19-11-13/h2,4,6,10-11,14,17H,3,5,7-9H2,1H3,(H,18,19)(H,21,22)/t17-/m1/s1. The molecule has 1 fully saturated rings. The zero-order valence-corrected chi connectivity index (χ0v) is 12.9. The Kier molecular flexibility index (Phi) is 4.51. The van der Waals surface area contributed by atoms with Crippen molar-refractivity contribution in [3.63, 3.8) is 0 Å². The van der Waals surface area contributed by atoms with Crippen LogP contribution in [0.15, 0.2) is 30.6 Å². The third kappa shape index (κ3) is 3.93. The second-order valence-corrected chi connectivity index (χ2v) is 6.05. The fourth-order valence-electron chi connectivity index (χ4n) is 2.71. The van der Waals surface area contributed by atoms with Gasteiger partial charge < -0.3 is 5.32 Å². The Labute approximate surface area is 130 Å². The summed E-state index contributed by atoms with van der Waals surface area (Å²) in [5.41, 5.74) is 3.13. The van der Waals surface area contributed by atoms with Crippen LogP contribution in [0.3, 0.4) is 0 Å². The summed E-state index contributed by atoms with van der Waals surface area (Å²) in [4.78, 5) is 16.8. The van der Waals surface area contributed by atoms with Crippen molar-refractivity contribution in [1.29, 1.82) is 0 Å². The smallest absolute Gasteiger partial charge is 0.220 e. The molecule has 2 aromatic rings. The van der Waals surface area contributed by atoms with Crippen molar-refractivity contribution in [3.05, 3.63) is 47.5 Å². The average molecular weight is 298 g/mol.